The van der Waals surface area contributed by atoms with E-state index < -0.39 is 0 Å². The maximum atomic E-state index is 12.5. The molecular weight excluding hydrogens is 318 g/mol. The molecule has 1 aromatic carbocycles. The average molecular weight is 347 g/mol. The number of benzene rings is 1. The van der Waals surface area contributed by atoms with Gasteiger partial charge in [0.1, 0.15) is 6.10 Å². The fourth-order valence-corrected chi connectivity index (χ4v) is 3.52. The van der Waals surface area contributed by atoms with Gasteiger partial charge in [-0.15, -0.1) is 0 Å². The van der Waals surface area contributed by atoms with Gasteiger partial charge in [-0.1, -0.05) is 29.8 Å². The molecule has 6 heteroatoms. The number of carbonyl (C=O) groups excluding carboxylic acids is 1. The van der Waals surface area contributed by atoms with Crippen molar-refractivity contribution in [2.75, 3.05) is 39.4 Å². The minimum absolute atomic E-state index is 0.0166. The largest absolute Gasteiger partial charge is 0.379 e. The Hall–Kier alpha value is -1.47. The van der Waals surface area contributed by atoms with E-state index >= 15 is 0 Å². The molecule has 0 aromatic heterocycles. The molecule has 1 aromatic rings. The topological polar surface area (TPSA) is 76.8 Å². The number of nitrogens with two attached hydrogens (primary N) is 1. The highest BCUT2D eigenvalue weighted by Crippen LogP contribution is 2.23. The lowest BCUT2D eigenvalue weighted by atomic mass is 10.0. The summed E-state index contributed by atoms with van der Waals surface area (Å²) < 4.78 is 11.2. The number of carbonyl (C=O) groups is 1. The van der Waals surface area contributed by atoms with Gasteiger partial charge in [-0.25, -0.2) is 0 Å². The maximum absolute atomic E-state index is 12.5. The van der Waals surface area contributed by atoms with Gasteiger partial charge in [0.25, 0.3) is 0 Å². The quantitative estimate of drug-likeness (QED) is 0.803. The van der Waals surface area contributed by atoms with Gasteiger partial charge in [0.2, 0.25) is 5.91 Å². The molecule has 0 radical (unpaired) electrons. The third-order valence-corrected chi connectivity index (χ3v) is 5.08. The smallest absolute Gasteiger partial charge is 0.249 e. The third-order valence-electron chi connectivity index (χ3n) is 5.08. The fraction of sp³-hybridized carbons (Fsp3) is 0.632. The van der Waals surface area contributed by atoms with Crippen molar-refractivity contribution in [1.82, 2.24) is 10.2 Å². The number of hydrogen-bond donors (Lipinski definition) is 2. The molecule has 3 rings (SSSR count). The first-order chi connectivity index (χ1) is 12.2. The molecule has 2 heterocycles. The van der Waals surface area contributed by atoms with Crippen LogP contribution in [0.5, 0.6) is 0 Å². The van der Waals surface area contributed by atoms with E-state index in [-0.39, 0.29) is 24.2 Å². The summed E-state index contributed by atoms with van der Waals surface area (Å²) in [7, 11) is 0. The van der Waals surface area contributed by atoms with Crippen molar-refractivity contribution < 1.29 is 14.3 Å². The molecular formula is C19H29N3O3. The summed E-state index contributed by atoms with van der Waals surface area (Å²) in [6.07, 6.45) is 1.26. The van der Waals surface area contributed by atoms with Gasteiger partial charge in [-0.05, 0) is 25.3 Å². The van der Waals surface area contributed by atoms with Crippen molar-refractivity contribution in [3.63, 3.8) is 0 Å². The van der Waals surface area contributed by atoms with E-state index in [1.807, 2.05) is 0 Å². The number of aryl methyl sites for hydroxylation is 1. The third kappa shape index (κ3) is 4.79. The molecule has 1 unspecified atom stereocenters. The molecule has 2 aliphatic rings. The Morgan fingerprint density at radius 2 is 2.00 bits per heavy atom. The monoisotopic (exact) mass is 347 g/mol. The van der Waals surface area contributed by atoms with Crippen LogP contribution in [0.4, 0.5) is 0 Å². The molecule has 0 spiro atoms. The molecule has 2 saturated heterocycles. The van der Waals surface area contributed by atoms with Gasteiger partial charge in [0.15, 0.2) is 0 Å². The molecule has 2 aliphatic heterocycles. The van der Waals surface area contributed by atoms with Crippen molar-refractivity contribution >= 4 is 5.91 Å². The van der Waals surface area contributed by atoms with Gasteiger partial charge in [0, 0.05) is 26.2 Å². The molecule has 25 heavy (non-hydrogen) atoms. The number of rotatable bonds is 6. The van der Waals surface area contributed by atoms with Crippen LogP contribution in [-0.4, -0.2) is 62.4 Å². The standard InChI is InChI=1S/C19H29N3O3/c1-14-2-4-15(5-3-14)17(22-8-10-24-11-9-22)13-21-19(23)18-7-6-16(12-20)25-18/h2-5,16-18H,6-13,20H2,1H3,(H,21,23)/t16-,17?,18+/m1/s1. The molecule has 1 amide bonds. The first-order valence-corrected chi connectivity index (χ1v) is 9.19. The number of nitrogens with one attached hydrogen (secondary N) is 1. The predicted octanol–water partition coefficient (Wildman–Crippen LogP) is 0.991. The summed E-state index contributed by atoms with van der Waals surface area (Å²) >= 11 is 0. The van der Waals surface area contributed by atoms with E-state index in [0.717, 1.165) is 39.1 Å². The van der Waals surface area contributed by atoms with Crippen LogP contribution in [0.2, 0.25) is 0 Å². The Labute approximate surface area is 149 Å². The highest BCUT2D eigenvalue weighted by atomic mass is 16.5. The summed E-state index contributed by atoms with van der Waals surface area (Å²) in [6, 6.07) is 8.70. The van der Waals surface area contributed by atoms with Crippen LogP contribution in [0.15, 0.2) is 24.3 Å². The Bertz CT molecular complexity index is 558. The van der Waals surface area contributed by atoms with E-state index in [1.54, 1.807) is 0 Å². The molecule has 138 valence electrons. The van der Waals surface area contributed by atoms with Gasteiger partial charge in [-0.2, -0.15) is 0 Å². The van der Waals surface area contributed by atoms with Crippen molar-refractivity contribution in [2.45, 2.75) is 38.0 Å². The zero-order valence-corrected chi connectivity index (χ0v) is 14.9. The van der Waals surface area contributed by atoms with E-state index in [2.05, 4.69) is 41.4 Å². The Morgan fingerprint density at radius 1 is 1.28 bits per heavy atom. The summed E-state index contributed by atoms with van der Waals surface area (Å²) in [5.41, 5.74) is 8.09. The van der Waals surface area contributed by atoms with Crippen LogP contribution < -0.4 is 11.1 Å². The van der Waals surface area contributed by atoms with E-state index in [4.69, 9.17) is 15.2 Å². The van der Waals surface area contributed by atoms with Crippen LogP contribution in [0.1, 0.15) is 30.0 Å². The zero-order chi connectivity index (χ0) is 17.6. The van der Waals surface area contributed by atoms with Gasteiger partial charge < -0.3 is 20.5 Å². The lowest BCUT2D eigenvalue weighted by Crippen LogP contribution is -2.45. The Kier molecular flexibility index (Phi) is 6.42. The normalized spacial score (nSPS) is 25.7. The minimum Gasteiger partial charge on any atom is -0.379 e. The van der Waals surface area contributed by atoms with Gasteiger partial charge in [-0.3, -0.25) is 9.69 Å². The van der Waals surface area contributed by atoms with Crippen molar-refractivity contribution in [1.29, 1.82) is 0 Å². The molecule has 3 atom stereocenters. The summed E-state index contributed by atoms with van der Waals surface area (Å²) in [6.45, 7) is 6.37. The maximum Gasteiger partial charge on any atom is 0.249 e. The highest BCUT2D eigenvalue weighted by Gasteiger charge is 2.31. The number of hydrogen-bond acceptors (Lipinski definition) is 5. The van der Waals surface area contributed by atoms with Crippen molar-refractivity contribution in [3.05, 3.63) is 35.4 Å². The predicted molar refractivity (Wildman–Crippen MR) is 96.3 cm³/mol. The number of morpholine rings is 1. The van der Waals surface area contributed by atoms with Crippen LogP contribution >= 0.6 is 0 Å². The molecule has 0 saturated carbocycles. The number of ether oxygens (including phenoxy) is 2. The van der Waals surface area contributed by atoms with Gasteiger partial charge >= 0.3 is 0 Å². The lowest BCUT2D eigenvalue weighted by Gasteiger charge is -2.35. The Morgan fingerprint density at radius 3 is 2.64 bits per heavy atom. The van der Waals surface area contributed by atoms with Gasteiger partial charge in [0.05, 0.1) is 25.4 Å². The second kappa shape index (κ2) is 8.76. The van der Waals surface area contributed by atoms with Crippen LogP contribution in [0, 0.1) is 6.92 Å². The minimum atomic E-state index is -0.364. The second-order valence-corrected chi connectivity index (χ2v) is 6.88. The van der Waals surface area contributed by atoms with E-state index in [9.17, 15) is 4.79 Å². The first-order valence-electron chi connectivity index (χ1n) is 9.19. The van der Waals surface area contributed by atoms with E-state index in [0.29, 0.717) is 13.1 Å². The number of nitrogens with zero attached hydrogens (tertiary/aromatic N) is 1. The van der Waals surface area contributed by atoms with Crippen molar-refractivity contribution in [2.24, 2.45) is 5.73 Å². The highest BCUT2D eigenvalue weighted by molar-refractivity contribution is 5.81. The van der Waals surface area contributed by atoms with Crippen molar-refractivity contribution in [3.8, 4) is 0 Å². The van der Waals surface area contributed by atoms with Crippen LogP contribution in [0.3, 0.4) is 0 Å². The molecule has 2 fully saturated rings. The molecule has 3 N–H and O–H groups in total. The van der Waals surface area contributed by atoms with Crippen LogP contribution in [-0.2, 0) is 14.3 Å². The average Bonchev–Trinajstić information content (AvgIpc) is 3.13. The van der Waals surface area contributed by atoms with Crippen LogP contribution in [0.25, 0.3) is 0 Å². The Balaban J connectivity index is 1.63. The lowest BCUT2D eigenvalue weighted by molar-refractivity contribution is -0.132. The summed E-state index contributed by atoms with van der Waals surface area (Å²) in [5.74, 6) is -0.0266. The molecule has 0 aliphatic carbocycles. The second-order valence-electron chi connectivity index (χ2n) is 6.88. The number of amides is 1. The first kappa shape index (κ1) is 18.3. The molecule has 0 bridgehead atoms. The zero-order valence-electron chi connectivity index (χ0n) is 14.9. The summed E-state index contributed by atoms with van der Waals surface area (Å²) in [4.78, 5) is 14.8. The van der Waals surface area contributed by atoms with E-state index in [1.165, 1.54) is 11.1 Å². The fourth-order valence-electron chi connectivity index (χ4n) is 3.52. The summed E-state index contributed by atoms with van der Waals surface area (Å²) in [5, 5.41) is 3.09. The molecule has 6 nitrogen and oxygen atoms in total. The SMILES string of the molecule is Cc1ccc(C(CNC(=O)[C@@H]2CC[C@H](CN)O2)N2CCOCC2)cc1.